The molecule has 3 heterocycles. The SMILES string of the molecule is NC(=O)C(=O)C(Cc1cccs1)NC(=O)c1ccnn1-c1ccccn1. The zero-order valence-corrected chi connectivity index (χ0v) is 14.3. The van der Waals surface area contributed by atoms with Crippen molar-refractivity contribution in [2.75, 3.05) is 0 Å². The molecule has 2 amide bonds. The molecule has 0 radical (unpaired) electrons. The monoisotopic (exact) mass is 369 g/mol. The quantitative estimate of drug-likeness (QED) is 0.595. The van der Waals surface area contributed by atoms with Crippen LogP contribution in [0.2, 0.25) is 0 Å². The Bertz CT molecular complexity index is 921. The second-order valence-electron chi connectivity index (χ2n) is 5.35. The van der Waals surface area contributed by atoms with Crippen LogP contribution in [0, 0.1) is 0 Å². The van der Waals surface area contributed by atoms with Gasteiger partial charge in [0.15, 0.2) is 5.82 Å². The number of primary amides is 1. The largest absolute Gasteiger partial charge is 0.363 e. The fourth-order valence-electron chi connectivity index (χ4n) is 2.38. The number of nitrogens with two attached hydrogens (primary N) is 1. The van der Waals surface area contributed by atoms with Gasteiger partial charge >= 0.3 is 0 Å². The first-order valence-corrected chi connectivity index (χ1v) is 8.56. The number of nitrogens with zero attached hydrogens (tertiary/aromatic N) is 3. The van der Waals surface area contributed by atoms with Gasteiger partial charge in [-0.05, 0) is 29.6 Å². The van der Waals surface area contributed by atoms with Gasteiger partial charge in [0.1, 0.15) is 11.7 Å². The molecule has 26 heavy (non-hydrogen) atoms. The molecule has 0 spiro atoms. The molecule has 3 aromatic rings. The van der Waals surface area contributed by atoms with E-state index in [2.05, 4.69) is 15.4 Å². The maximum absolute atomic E-state index is 12.7. The summed E-state index contributed by atoms with van der Waals surface area (Å²) in [5, 5.41) is 8.51. The van der Waals surface area contributed by atoms with E-state index in [-0.39, 0.29) is 12.1 Å². The average molecular weight is 369 g/mol. The second-order valence-corrected chi connectivity index (χ2v) is 6.39. The van der Waals surface area contributed by atoms with Gasteiger partial charge in [-0.2, -0.15) is 5.10 Å². The molecule has 0 aliphatic carbocycles. The highest BCUT2D eigenvalue weighted by atomic mass is 32.1. The standard InChI is InChI=1S/C17H15N5O3S/c18-16(24)15(23)12(10-11-4-3-9-26-11)21-17(25)13-6-8-20-22(13)14-5-1-2-7-19-14/h1-9,12H,10H2,(H2,18,24)(H,21,25). The van der Waals surface area contributed by atoms with Gasteiger partial charge in [0.2, 0.25) is 5.78 Å². The van der Waals surface area contributed by atoms with E-state index >= 15 is 0 Å². The molecule has 8 nitrogen and oxygen atoms in total. The van der Waals surface area contributed by atoms with E-state index in [4.69, 9.17) is 5.73 Å². The van der Waals surface area contributed by atoms with Crippen LogP contribution in [0.5, 0.6) is 0 Å². The molecule has 3 rings (SSSR count). The molecule has 0 fully saturated rings. The van der Waals surface area contributed by atoms with Gasteiger partial charge in [0, 0.05) is 17.5 Å². The number of nitrogens with one attached hydrogen (secondary N) is 1. The number of hydrogen-bond donors (Lipinski definition) is 2. The molecule has 1 unspecified atom stereocenters. The van der Waals surface area contributed by atoms with Crippen molar-refractivity contribution in [3.63, 3.8) is 0 Å². The summed E-state index contributed by atoms with van der Waals surface area (Å²) in [6, 6.07) is 9.30. The van der Waals surface area contributed by atoms with Crippen LogP contribution in [-0.4, -0.2) is 38.4 Å². The lowest BCUT2D eigenvalue weighted by atomic mass is 10.1. The average Bonchev–Trinajstić information content (AvgIpc) is 3.32. The lowest BCUT2D eigenvalue weighted by molar-refractivity contribution is -0.137. The fraction of sp³-hybridized carbons (Fsp3) is 0.118. The summed E-state index contributed by atoms with van der Waals surface area (Å²) in [7, 11) is 0. The Hall–Kier alpha value is -3.33. The van der Waals surface area contributed by atoms with Crippen LogP contribution in [0.25, 0.3) is 5.82 Å². The van der Waals surface area contributed by atoms with Crippen molar-refractivity contribution >= 4 is 28.9 Å². The molecule has 0 saturated heterocycles. The molecule has 3 N–H and O–H groups in total. The smallest absolute Gasteiger partial charge is 0.287 e. The van der Waals surface area contributed by atoms with Gasteiger partial charge in [-0.15, -0.1) is 11.3 Å². The lowest BCUT2D eigenvalue weighted by Crippen LogP contribution is -2.47. The van der Waals surface area contributed by atoms with Crippen molar-refractivity contribution in [1.29, 1.82) is 0 Å². The zero-order chi connectivity index (χ0) is 18.5. The first-order valence-electron chi connectivity index (χ1n) is 7.68. The van der Waals surface area contributed by atoms with Crippen molar-refractivity contribution < 1.29 is 14.4 Å². The van der Waals surface area contributed by atoms with Crippen LogP contribution < -0.4 is 11.1 Å². The minimum Gasteiger partial charge on any atom is -0.363 e. The molecule has 1 atom stereocenters. The van der Waals surface area contributed by atoms with Crippen molar-refractivity contribution in [3.8, 4) is 5.82 Å². The molecule has 0 aromatic carbocycles. The van der Waals surface area contributed by atoms with Gasteiger partial charge in [-0.3, -0.25) is 14.4 Å². The molecule has 0 aliphatic heterocycles. The summed E-state index contributed by atoms with van der Waals surface area (Å²) < 4.78 is 1.35. The Balaban J connectivity index is 1.83. The summed E-state index contributed by atoms with van der Waals surface area (Å²) in [6.45, 7) is 0. The number of aromatic nitrogens is 3. The maximum Gasteiger partial charge on any atom is 0.287 e. The minimum atomic E-state index is -1.09. The van der Waals surface area contributed by atoms with E-state index in [0.29, 0.717) is 5.82 Å². The molecule has 3 aromatic heterocycles. The molecule has 9 heteroatoms. The highest BCUT2D eigenvalue weighted by Gasteiger charge is 2.27. The highest BCUT2D eigenvalue weighted by molar-refractivity contribution is 7.09. The number of rotatable bonds is 7. The minimum absolute atomic E-state index is 0.183. The van der Waals surface area contributed by atoms with Crippen molar-refractivity contribution in [2.24, 2.45) is 5.73 Å². The maximum atomic E-state index is 12.7. The normalized spacial score (nSPS) is 11.7. The Labute approximate surface area is 152 Å². The Morgan fingerprint density at radius 2 is 2.00 bits per heavy atom. The summed E-state index contributed by atoms with van der Waals surface area (Å²) >= 11 is 1.42. The predicted octanol–water partition coefficient (Wildman–Crippen LogP) is 0.724. The topological polar surface area (TPSA) is 120 Å². The predicted molar refractivity (Wildman–Crippen MR) is 94.8 cm³/mol. The third-order valence-electron chi connectivity index (χ3n) is 3.59. The molecular formula is C17H15N5O3S. The van der Waals surface area contributed by atoms with Crippen LogP contribution in [-0.2, 0) is 16.0 Å². The third-order valence-corrected chi connectivity index (χ3v) is 4.49. The Morgan fingerprint density at radius 1 is 1.15 bits per heavy atom. The Kier molecular flexibility index (Phi) is 5.18. The van der Waals surface area contributed by atoms with Crippen LogP contribution in [0.15, 0.2) is 54.2 Å². The summed E-state index contributed by atoms with van der Waals surface area (Å²) in [5.41, 5.74) is 5.31. The number of pyridine rings is 1. The van der Waals surface area contributed by atoms with Crippen molar-refractivity contribution in [2.45, 2.75) is 12.5 Å². The molecule has 0 bridgehead atoms. The van der Waals surface area contributed by atoms with Gasteiger partial charge in [-0.1, -0.05) is 12.1 Å². The van der Waals surface area contributed by atoms with Gasteiger partial charge < -0.3 is 11.1 Å². The van der Waals surface area contributed by atoms with Crippen LogP contribution >= 0.6 is 11.3 Å². The molecule has 132 valence electrons. The Morgan fingerprint density at radius 3 is 2.65 bits per heavy atom. The van der Waals surface area contributed by atoms with E-state index in [1.165, 1.54) is 28.3 Å². The van der Waals surface area contributed by atoms with E-state index in [1.54, 1.807) is 24.4 Å². The van der Waals surface area contributed by atoms with E-state index in [0.717, 1.165) is 4.88 Å². The van der Waals surface area contributed by atoms with E-state index in [1.807, 2.05) is 17.5 Å². The van der Waals surface area contributed by atoms with E-state index in [9.17, 15) is 14.4 Å². The number of hydrogen-bond acceptors (Lipinski definition) is 6. The van der Waals surface area contributed by atoms with Crippen molar-refractivity contribution in [1.82, 2.24) is 20.1 Å². The number of Topliss-reactive ketones (excluding diaryl/α,β-unsaturated/α-hetero) is 1. The number of carbonyl (C=O) groups is 3. The first-order chi connectivity index (χ1) is 12.6. The van der Waals surface area contributed by atoms with Crippen molar-refractivity contribution in [3.05, 3.63) is 64.7 Å². The van der Waals surface area contributed by atoms with Gasteiger partial charge in [0.25, 0.3) is 11.8 Å². The zero-order valence-electron chi connectivity index (χ0n) is 13.5. The number of thiophene rings is 1. The highest BCUT2D eigenvalue weighted by Crippen LogP contribution is 2.13. The summed E-state index contributed by atoms with van der Waals surface area (Å²) in [4.78, 5) is 41.1. The summed E-state index contributed by atoms with van der Waals surface area (Å²) in [6.07, 6.45) is 3.21. The van der Waals surface area contributed by atoms with Gasteiger partial charge in [0.05, 0.1) is 6.20 Å². The summed E-state index contributed by atoms with van der Waals surface area (Å²) in [5.74, 6) is -2.04. The lowest BCUT2D eigenvalue weighted by Gasteiger charge is -2.16. The molecule has 0 saturated carbocycles. The van der Waals surface area contributed by atoms with E-state index < -0.39 is 23.6 Å². The fourth-order valence-corrected chi connectivity index (χ4v) is 3.13. The molecular weight excluding hydrogens is 354 g/mol. The van der Waals surface area contributed by atoms with Gasteiger partial charge in [-0.25, -0.2) is 9.67 Å². The third kappa shape index (κ3) is 3.83. The number of ketones is 1. The number of carbonyl (C=O) groups excluding carboxylic acids is 3. The van der Waals surface area contributed by atoms with Crippen LogP contribution in [0.3, 0.4) is 0 Å². The van der Waals surface area contributed by atoms with Crippen LogP contribution in [0.1, 0.15) is 15.4 Å². The first kappa shape index (κ1) is 17.5. The molecule has 0 aliphatic rings. The second kappa shape index (κ2) is 7.70. The van der Waals surface area contributed by atoms with Crippen LogP contribution in [0.4, 0.5) is 0 Å². The number of amides is 2.